The van der Waals surface area contributed by atoms with Crippen LogP contribution in [0.25, 0.3) is 0 Å². The Bertz CT molecular complexity index is 1240. The van der Waals surface area contributed by atoms with Gasteiger partial charge >= 0.3 is 24.7 Å². The van der Waals surface area contributed by atoms with Gasteiger partial charge in [-0.25, -0.2) is 4.57 Å². The molecule has 2 aromatic rings. The number of ether oxygens (including phenoxy) is 2. The van der Waals surface area contributed by atoms with Gasteiger partial charge in [0.25, 0.3) is 0 Å². The number of esters is 2. The summed E-state index contributed by atoms with van der Waals surface area (Å²) >= 11 is 16.3. The molecule has 0 aromatic heterocycles. The highest BCUT2D eigenvalue weighted by Crippen LogP contribution is 2.57. The largest absolute Gasteiger partial charge is 0.462 e. The second-order valence-corrected chi connectivity index (χ2v) is 18.6. The number of benzene rings is 2. The summed E-state index contributed by atoms with van der Waals surface area (Å²) in [6, 6.07) is 16.8. The molecule has 0 spiro atoms. The first-order valence-corrected chi connectivity index (χ1v) is 21.3. The molecule has 0 radical (unpaired) electrons. The van der Waals surface area contributed by atoms with Gasteiger partial charge in [0.15, 0.2) is 0 Å². The van der Waals surface area contributed by atoms with Crippen LogP contribution in [0.1, 0.15) is 78.1 Å². The number of halogens is 3. The maximum Gasteiger partial charge on any atom is 0.428 e. The van der Waals surface area contributed by atoms with Crippen LogP contribution in [-0.2, 0) is 28.2 Å². The minimum Gasteiger partial charge on any atom is -0.462 e. The molecule has 0 saturated heterocycles. The second-order valence-electron chi connectivity index (χ2n) is 11.1. The highest BCUT2D eigenvalue weighted by molar-refractivity contribution is 8.05. The molecule has 2 aliphatic carbocycles. The number of carbonyl (C=O) groups excluding carboxylic acids is 2. The SMILES string of the molecule is C[C@H](CP(=O)(Cl)Oc1ccccc1)C(=O)OC1CCCCC1.C[C@H](N)C(=O)OC1CCCCC1.O=P(Cl)(Cl)Oc1ccccc1. The van der Waals surface area contributed by atoms with Crippen LogP contribution in [0.5, 0.6) is 11.5 Å². The van der Waals surface area contributed by atoms with Crippen molar-refractivity contribution >= 4 is 58.5 Å². The maximum atomic E-state index is 12.3. The van der Waals surface area contributed by atoms with Gasteiger partial charge < -0.3 is 24.3 Å². The van der Waals surface area contributed by atoms with Gasteiger partial charge in [0.1, 0.15) is 29.7 Å². The molecule has 4 rings (SSSR count). The van der Waals surface area contributed by atoms with E-state index in [-0.39, 0.29) is 30.3 Å². The van der Waals surface area contributed by atoms with E-state index in [0.717, 1.165) is 38.5 Å². The Kier molecular flexibility index (Phi) is 18.0. The summed E-state index contributed by atoms with van der Waals surface area (Å²) in [5.74, 6) is -0.310. The first kappa shape index (κ1) is 39.4. The van der Waals surface area contributed by atoms with Gasteiger partial charge in [0, 0.05) is 22.5 Å². The highest BCUT2D eigenvalue weighted by Gasteiger charge is 2.30. The van der Waals surface area contributed by atoms with Crippen molar-refractivity contribution in [3.63, 3.8) is 0 Å². The van der Waals surface area contributed by atoms with Crippen molar-refractivity contribution in [3.8, 4) is 11.5 Å². The monoisotopic (exact) mass is 725 g/mol. The third-order valence-corrected chi connectivity index (χ3v) is 9.80. The molecule has 2 saturated carbocycles. The molecule has 0 bridgehead atoms. The zero-order chi connectivity index (χ0) is 33.3. The number of carbonyl (C=O) groups is 2. The Balaban J connectivity index is 0.000000259. The minimum atomic E-state index is -3.44. The van der Waals surface area contributed by atoms with Crippen LogP contribution in [0, 0.1) is 5.92 Å². The zero-order valence-electron chi connectivity index (χ0n) is 25.7. The Morgan fingerprint density at radius 1 is 0.711 bits per heavy atom. The van der Waals surface area contributed by atoms with Gasteiger partial charge in [-0.15, -0.1) is 0 Å². The number of hydrogen-bond donors (Lipinski definition) is 1. The topological polar surface area (TPSA) is 131 Å². The number of nitrogens with two attached hydrogens (primary N) is 1. The molecule has 0 amide bonds. The van der Waals surface area contributed by atoms with Crippen molar-refractivity contribution in [3.05, 3.63) is 60.7 Å². The first-order chi connectivity index (χ1) is 21.2. The smallest absolute Gasteiger partial charge is 0.428 e. The van der Waals surface area contributed by atoms with Gasteiger partial charge in [-0.2, -0.15) is 0 Å². The molecule has 1 unspecified atom stereocenters. The van der Waals surface area contributed by atoms with Crippen molar-refractivity contribution in [2.75, 3.05) is 6.16 Å². The Morgan fingerprint density at radius 3 is 1.51 bits per heavy atom. The van der Waals surface area contributed by atoms with E-state index in [4.69, 9.17) is 53.5 Å². The van der Waals surface area contributed by atoms with Gasteiger partial charge in [0.05, 0.1) is 12.1 Å². The summed E-state index contributed by atoms with van der Waals surface area (Å²) in [6.45, 7) is -0.0733. The van der Waals surface area contributed by atoms with Gasteiger partial charge in [-0.3, -0.25) is 14.2 Å². The predicted molar refractivity (Wildman–Crippen MR) is 181 cm³/mol. The molecule has 2 aliphatic rings. The van der Waals surface area contributed by atoms with Crippen LogP contribution in [0.3, 0.4) is 0 Å². The van der Waals surface area contributed by atoms with Crippen molar-refractivity contribution < 1.29 is 37.2 Å². The van der Waals surface area contributed by atoms with Crippen molar-refractivity contribution in [1.82, 2.24) is 0 Å². The normalized spacial score (nSPS) is 18.3. The molecular weight excluding hydrogens is 683 g/mol. The quantitative estimate of drug-likeness (QED) is 0.188. The Hall–Kier alpha value is -1.73. The second kappa shape index (κ2) is 20.5. The van der Waals surface area contributed by atoms with Crippen molar-refractivity contribution in [2.45, 2.75) is 96.3 Å². The summed E-state index contributed by atoms with van der Waals surface area (Å²) < 4.78 is 43.7. The average Bonchev–Trinajstić information content (AvgIpc) is 2.98. The van der Waals surface area contributed by atoms with E-state index in [9.17, 15) is 18.7 Å². The van der Waals surface area contributed by atoms with Crippen molar-refractivity contribution in [2.24, 2.45) is 11.7 Å². The molecule has 252 valence electrons. The molecular formula is C31H44Cl3NO8P2. The molecule has 45 heavy (non-hydrogen) atoms. The maximum absolute atomic E-state index is 12.3. The fourth-order valence-corrected chi connectivity index (χ4v) is 7.62. The standard InChI is InChI=1S/C16H22ClO4P.C9H17NO2.C6H5Cl2O2P/c1-13(16(18)20-14-8-4-2-5-9-14)12-22(17,19)21-15-10-6-3-7-11-15;1-7(10)9(11)12-8-5-3-2-4-6-8;7-11(8,9)10-6-4-2-1-3-5-6/h3,6-7,10-11,13-14H,2,4-5,8-9,12H2,1H3;7-8H,2-6,10H2,1H3;1-5H/t13-,22?;7-;/m10./s1. The summed E-state index contributed by atoms with van der Waals surface area (Å²) in [5, 5.41) is 0. The van der Waals surface area contributed by atoms with Crippen LogP contribution in [-0.4, -0.2) is 36.4 Å². The van der Waals surface area contributed by atoms with E-state index in [2.05, 4.69) is 4.52 Å². The fraction of sp³-hybridized carbons (Fsp3) is 0.548. The lowest BCUT2D eigenvalue weighted by Crippen LogP contribution is -2.32. The van der Waals surface area contributed by atoms with Gasteiger partial charge in [-0.1, -0.05) is 56.2 Å². The minimum absolute atomic E-state index is 0.00606. The summed E-state index contributed by atoms with van der Waals surface area (Å²) in [5.41, 5.74) is 5.38. The lowest BCUT2D eigenvalue weighted by molar-refractivity contribution is -0.154. The lowest BCUT2D eigenvalue weighted by atomic mass is 9.98. The summed E-state index contributed by atoms with van der Waals surface area (Å²) in [7, 11) is 0. The van der Waals surface area contributed by atoms with Crippen LogP contribution in [0.4, 0.5) is 0 Å². The highest BCUT2D eigenvalue weighted by atomic mass is 35.9. The molecule has 2 aromatic carbocycles. The molecule has 2 fully saturated rings. The first-order valence-electron chi connectivity index (χ1n) is 15.2. The number of hydrogen-bond acceptors (Lipinski definition) is 9. The van der Waals surface area contributed by atoms with Crippen molar-refractivity contribution in [1.29, 1.82) is 0 Å². The van der Waals surface area contributed by atoms with Gasteiger partial charge in [-0.05, 0) is 93.8 Å². The van der Waals surface area contributed by atoms with E-state index < -0.39 is 24.8 Å². The third kappa shape index (κ3) is 18.3. The lowest BCUT2D eigenvalue weighted by Gasteiger charge is -2.24. The fourth-order valence-electron chi connectivity index (χ4n) is 4.60. The molecule has 2 N–H and O–H groups in total. The Labute approximate surface area is 281 Å². The summed E-state index contributed by atoms with van der Waals surface area (Å²) in [6.07, 6.45) is 7.52. The van der Waals surface area contributed by atoms with E-state index in [1.165, 1.54) is 25.7 Å². The average molecular weight is 727 g/mol. The van der Waals surface area contributed by atoms with Gasteiger partial charge in [0.2, 0.25) is 0 Å². The molecule has 14 heteroatoms. The molecule has 0 heterocycles. The summed E-state index contributed by atoms with van der Waals surface area (Å²) in [4.78, 5) is 23.1. The molecule has 9 nitrogen and oxygen atoms in total. The third-order valence-electron chi connectivity index (χ3n) is 6.88. The van der Waals surface area contributed by atoms with Crippen LogP contribution in [0.2, 0.25) is 0 Å². The van der Waals surface area contributed by atoms with E-state index >= 15 is 0 Å². The molecule has 0 aliphatic heterocycles. The zero-order valence-corrected chi connectivity index (χ0v) is 29.8. The number of rotatable bonds is 10. The number of para-hydroxylation sites is 2. The Morgan fingerprint density at radius 2 is 1.11 bits per heavy atom. The van der Waals surface area contributed by atoms with E-state index in [1.807, 2.05) is 6.07 Å². The van der Waals surface area contributed by atoms with E-state index in [1.54, 1.807) is 68.4 Å². The molecule has 3 atom stereocenters. The van der Waals surface area contributed by atoms with Crippen LogP contribution < -0.4 is 14.8 Å². The van der Waals surface area contributed by atoms with Crippen LogP contribution >= 0.6 is 46.5 Å². The predicted octanol–water partition coefficient (Wildman–Crippen LogP) is 9.87. The van der Waals surface area contributed by atoms with Crippen LogP contribution in [0.15, 0.2) is 60.7 Å². The van der Waals surface area contributed by atoms with E-state index in [0.29, 0.717) is 11.5 Å².